The number of aryl methyl sites for hydroxylation is 1. The number of hydrogen-bond donors (Lipinski definition) is 0. The van der Waals surface area contributed by atoms with Crippen LogP contribution in [0.15, 0.2) is 42.6 Å². The van der Waals surface area contributed by atoms with Crippen molar-refractivity contribution in [1.29, 1.82) is 0 Å². The number of ether oxygens (including phenoxy) is 1. The molecule has 2 aromatic rings. The van der Waals surface area contributed by atoms with Gasteiger partial charge in [-0.3, -0.25) is 4.98 Å². The molecule has 0 radical (unpaired) electrons. The Morgan fingerprint density at radius 2 is 1.48 bits per heavy atom. The van der Waals surface area contributed by atoms with Gasteiger partial charge in [0.2, 0.25) is 0 Å². The third kappa shape index (κ3) is 10.8. The molecule has 3 heteroatoms. The van der Waals surface area contributed by atoms with Gasteiger partial charge in [-0.1, -0.05) is 71.3 Å². The van der Waals surface area contributed by atoms with E-state index in [0.29, 0.717) is 12.8 Å². The quantitative estimate of drug-likeness (QED) is 0.235. The van der Waals surface area contributed by atoms with Gasteiger partial charge in [0, 0.05) is 11.8 Å². The monoisotopic (exact) mass is 427 g/mol. The minimum atomic E-state index is -0.659. The summed E-state index contributed by atoms with van der Waals surface area (Å²) >= 11 is 0. The van der Waals surface area contributed by atoms with Crippen LogP contribution >= 0.6 is 0 Å². The maximum Gasteiger partial charge on any atom is 0.119 e. The molecule has 31 heavy (non-hydrogen) atoms. The molecular formula is C28H42FNO. The fourth-order valence-electron chi connectivity index (χ4n) is 3.88. The fourth-order valence-corrected chi connectivity index (χ4v) is 3.88. The van der Waals surface area contributed by atoms with Crippen molar-refractivity contribution in [1.82, 2.24) is 4.98 Å². The Morgan fingerprint density at radius 1 is 0.774 bits per heavy atom. The summed E-state index contributed by atoms with van der Waals surface area (Å²) in [5.74, 6) is 0.927. The summed E-state index contributed by atoms with van der Waals surface area (Å²) < 4.78 is 19.5. The molecule has 0 saturated heterocycles. The number of aromatic nitrogens is 1. The molecule has 1 heterocycles. The maximum absolute atomic E-state index is 13.6. The van der Waals surface area contributed by atoms with Gasteiger partial charge in [0.1, 0.15) is 11.9 Å². The van der Waals surface area contributed by atoms with Crippen LogP contribution in [-0.4, -0.2) is 17.8 Å². The number of hydrogen-bond acceptors (Lipinski definition) is 2. The molecule has 0 aliphatic heterocycles. The summed E-state index contributed by atoms with van der Waals surface area (Å²) in [4.78, 5) is 4.60. The van der Waals surface area contributed by atoms with E-state index in [1.807, 2.05) is 25.3 Å². The molecule has 0 aliphatic carbocycles. The number of rotatable bonds is 17. The highest BCUT2D eigenvalue weighted by Crippen LogP contribution is 2.22. The van der Waals surface area contributed by atoms with Gasteiger partial charge in [0.15, 0.2) is 0 Å². The predicted octanol–water partition coefficient (Wildman–Crippen LogP) is 8.73. The van der Waals surface area contributed by atoms with Gasteiger partial charge >= 0.3 is 0 Å². The molecule has 0 bridgehead atoms. The molecule has 1 unspecified atom stereocenters. The van der Waals surface area contributed by atoms with E-state index in [9.17, 15) is 4.39 Å². The molecule has 1 aromatic heterocycles. The van der Waals surface area contributed by atoms with Crippen LogP contribution in [0.3, 0.4) is 0 Å². The lowest BCUT2D eigenvalue weighted by Crippen LogP contribution is -2.00. The molecule has 172 valence electrons. The Labute approximate surface area is 189 Å². The molecule has 2 rings (SSSR count). The van der Waals surface area contributed by atoms with E-state index < -0.39 is 6.17 Å². The Kier molecular flexibility index (Phi) is 13.0. The zero-order valence-corrected chi connectivity index (χ0v) is 19.8. The minimum Gasteiger partial charge on any atom is -0.494 e. The fraction of sp³-hybridized carbons (Fsp3) is 0.607. The molecule has 0 fully saturated rings. The van der Waals surface area contributed by atoms with Gasteiger partial charge in [0.25, 0.3) is 0 Å². The summed E-state index contributed by atoms with van der Waals surface area (Å²) in [5.41, 5.74) is 3.24. The number of unbranched alkanes of at least 4 members (excludes halogenated alkanes) is 7. The zero-order chi connectivity index (χ0) is 22.2. The summed E-state index contributed by atoms with van der Waals surface area (Å²) in [5, 5.41) is 0. The first-order chi connectivity index (χ1) is 15.2. The van der Waals surface area contributed by atoms with Crippen molar-refractivity contribution in [2.75, 3.05) is 6.61 Å². The van der Waals surface area contributed by atoms with Crippen LogP contribution < -0.4 is 4.74 Å². The van der Waals surface area contributed by atoms with Crippen molar-refractivity contribution in [2.45, 2.75) is 103 Å². The van der Waals surface area contributed by atoms with Gasteiger partial charge in [-0.2, -0.15) is 0 Å². The van der Waals surface area contributed by atoms with Gasteiger partial charge in [-0.15, -0.1) is 0 Å². The van der Waals surface area contributed by atoms with Gasteiger partial charge < -0.3 is 4.74 Å². The standard InChI is InChI=1S/C28H42FNO/c1-3-5-6-7-8-9-10-11-22-31-27-19-17-25(18-20-27)28-21-16-24(23-30-28)14-12-15-26(29)13-4-2/h16-21,23,26H,3-15,22H2,1-2H3. The number of alkyl halides is 1. The second-order valence-electron chi connectivity index (χ2n) is 8.68. The normalized spacial score (nSPS) is 12.1. The van der Waals surface area contributed by atoms with E-state index in [-0.39, 0.29) is 0 Å². The molecule has 2 nitrogen and oxygen atoms in total. The number of nitrogens with zero attached hydrogens (tertiary/aromatic N) is 1. The first-order valence-electron chi connectivity index (χ1n) is 12.5. The molecule has 0 saturated carbocycles. The molecular weight excluding hydrogens is 385 g/mol. The third-order valence-electron chi connectivity index (χ3n) is 5.83. The van der Waals surface area contributed by atoms with E-state index >= 15 is 0 Å². The van der Waals surface area contributed by atoms with Crippen LogP contribution in [0.25, 0.3) is 11.3 Å². The second-order valence-corrected chi connectivity index (χ2v) is 8.68. The van der Waals surface area contributed by atoms with Gasteiger partial charge in [-0.25, -0.2) is 4.39 Å². The third-order valence-corrected chi connectivity index (χ3v) is 5.83. The highest BCUT2D eigenvalue weighted by atomic mass is 19.1. The highest BCUT2D eigenvalue weighted by molar-refractivity contribution is 5.60. The zero-order valence-electron chi connectivity index (χ0n) is 19.8. The van der Waals surface area contributed by atoms with Gasteiger partial charge in [-0.05, 0) is 68.0 Å². The van der Waals surface area contributed by atoms with Crippen LogP contribution in [0.2, 0.25) is 0 Å². The summed E-state index contributed by atoms with van der Waals surface area (Å²) in [6, 6.07) is 12.4. The minimum absolute atomic E-state index is 0.649. The smallest absolute Gasteiger partial charge is 0.119 e. The van der Waals surface area contributed by atoms with E-state index in [1.165, 1.54) is 50.5 Å². The first-order valence-corrected chi connectivity index (χ1v) is 12.5. The number of halogens is 1. The number of pyridine rings is 1. The largest absolute Gasteiger partial charge is 0.494 e. The van der Waals surface area contributed by atoms with E-state index in [0.717, 1.165) is 49.3 Å². The topological polar surface area (TPSA) is 22.1 Å². The average Bonchev–Trinajstić information content (AvgIpc) is 2.79. The highest BCUT2D eigenvalue weighted by Gasteiger charge is 2.06. The molecule has 1 aromatic carbocycles. The van der Waals surface area contributed by atoms with Crippen LogP contribution in [0.1, 0.15) is 96.5 Å². The summed E-state index contributed by atoms with van der Waals surface area (Å²) in [7, 11) is 0. The van der Waals surface area contributed by atoms with Crippen molar-refractivity contribution < 1.29 is 9.13 Å². The Hall–Kier alpha value is -1.90. The Morgan fingerprint density at radius 3 is 2.13 bits per heavy atom. The van der Waals surface area contributed by atoms with Crippen LogP contribution in [0.5, 0.6) is 5.75 Å². The first kappa shape index (κ1) is 25.4. The maximum atomic E-state index is 13.6. The second kappa shape index (κ2) is 15.8. The number of benzene rings is 1. The van der Waals surface area contributed by atoms with Crippen molar-refractivity contribution in [2.24, 2.45) is 0 Å². The van der Waals surface area contributed by atoms with Crippen LogP contribution in [0.4, 0.5) is 4.39 Å². The van der Waals surface area contributed by atoms with E-state index in [2.05, 4.69) is 36.2 Å². The summed E-state index contributed by atoms with van der Waals surface area (Å²) in [6.45, 7) is 5.08. The lowest BCUT2D eigenvalue weighted by atomic mass is 10.0. The molecule has 0 aliphatic rings. The molecule has 1 atom stereocenters. The van der Waals surface area contributed by atoms with Gasteiger partial charge in [0.05, 0.1) is 12.3 Å². The Bertz CT molecular complexity index is 683. The average molecular weight is 428 g/mol. The van der Waals surface area contributed by atoms with E-state index in [4.69, 9.17) is 4.74 Å². The molecule has 0 N–H and O–H groups in total. The SMILES string of the molecule is CCCCCCCCCCOc1ccc(-c2ccc(CCCC(F)CCC)cn2)cc1. The summed E-state index contributed by atoms with van der Waals surface area (Å²) in [6.07, 6.45) is 15.8. The van der Waals surface area contributed by atoms with E-state index in [1.54, 1.807) is 0 Å². The van der Waals surface area contributed by atoms with Crippen molar-refractivity contribution >= 4 is 0 Å². The van der Waals surface area contributed by atoms with Crippen molar-refractivity contribution in [3.8, 4) is 17.0 Å². The van der Waals surface area contributed by atoms with Crippen LogP contribution in [-0.2, 0) is 6.42 Å². The van der Waals surface area contributed by atoms with Crippen molar-refractivity contribution in [3.05, 3.63) is 48.2 Å². The lowest BCUT2D eigenvalue weighted by molar-refractivity contribution is 0.288. The molecule has 0 spiro atoms. The predicted molar refractivity (Wildman–Crippen MR) is 131 cm³/mol. The van der Waals surface area contributed by atoms with Crippen LogP contribution in [0, 0.1) is 0 Å². The lowest BCUT2D eigenvalue weighted by Gasteiger charge is -2.08. The Balaban J connectivity index is 1.65. The van der Waals surface area contributed by atoms with Crippen molar-refractivity contribution in [3.63, 3.8) is 0 Å². The molecule has 0 amide bonds.